The monoisotopic (exact) mass is 154 g/mol. The second-order valence-electron chi connectivity index (χ2n) is 3.89. The van der Waals surface area contributed by atoms with Crippen molar-refractivity contribution in [3.8, 4) is 0 Å². The van der Waals surface area contributed by atoms with Crippen molar-refractivity contribution in [1.29, 1.82) is 0 Å². The first-order valence-electron chi connectivity index (χ1n) is 4.16. The largest absolute Gasteiger partial charge is 0.459 e. The average molecular weight is 154 g/mol. The van der Waals surface area contributed by atoms with Crippen molar-refractivity contribution < 1.29 is 14.6 Å². The fourth-order valence-corrected chi connectivity index (χ4v) is 2.92. The first-order chi connectivity index (χ1) is 5.27. The molecule has 0 unspecified atom stereocenters. The molecule has 1 saturated heterocycles. The van der Waals surface area contributed by atoms with Crippen LogP contribution in [0.25, 0.3) is 0 Å². The molecule has 3 heteroatoms. The maximum Gasteiger partial charge on any atom is 0.309 e. The van der Waals surface area contributed by atoms with Gasteiger partial charge in [0.05, 0.1) is 12.0 Å². The maximum atomic E-state index is 11.1. The number of aliphatic hydroxyl groups excluding tert-OH is 1. The topological polar surface area (TPSA) is 46.5 Å². The van der Waals surface area contributed by atoms with Crippen LogP contribution in [-0.4, -0.2) is 23.3 Å². The lowest BCUT2D eigenvalue weighted by molar-refractivity contribution is -0.145. The van der Waals surface area contributed by atoms with Gasteiger partial charge in [0, 0.05) is 5.92 Å². The summed E-state index contributed by atoms with van der Waals surface area (Å²) in [5.41, 5.74) is 0. The molecule has 5 atom stereocenters. The lowest BCUT2D eigenvalue weighted by Crippen LogP contribution is -2.31. The van der Waals surface area contributed by atoms with E-state index in [0.29, 0.717) is 11.8 Å². The highest BCUT2D eigenvalue weighted by atomic mass is 16.6. The molecule has 0 aromatic carbocycles. The molecule has 1 N–H and O–H groups in total. The van der Waals surface area contributed by atoms with E-state index in [2.05, 4.69) is 0 Å². The van der Waals surface area contributed by atoms with Gasteiger partial charge in [-0.1, -0.05) is 0 Å². The highest BCUT2D eigenvalue weighted by Gasteiger charge is 2.61. The fraction of sp³-hybridized carbons (Fsp3) is 0.875. The Bertz CT molecular complexity index is 225. The molecule has 2 aliphatic carbocycles. The average Bonchev–Trinajstić information content (AvgIpc) is 2.53. The Balaban J connectivity index is 2.04. The number of hydrogen-bond acceptors (Lipinski definition) is 3. The molecular formula is C8H10O3. The summed E-state index contributed by atoms with van der Waals surface area (Å²) in [6.45, 7) is 0. The van der Waals surface area contributed by atoms with Gasteiger partial charge in [-0.25, -0.2) is 0 Å². The lowest BCUT2D eigenvalue weighted by Gasteiger charge is -2.19. The van der Waals surface area contributed by atoms with E-state index in [0.717, 1.165) is 12.8 Å². The van der Waals surface area contributed by atoms with Crippen molar-refractivity contribution in [3.05, 3.63) is 0 Å². The van der Waals surface area contributed by atoms with Gasteiger partial charge in [0.1, 0.15) is 6.10 Å². The number of carbonyl (C=O) groups excluding carboxylic acids is 1. The number of rotatable bonds is 0. The molecule has 1 heterocycles. The highest BCUT2D eigenvalue weighted by Crippen LogP contribution is 2.54. The zero-order valence-corrected chi connectivity index (χ0v) is 6.06. The first kappa shape index (κ1) is 6.00. The summed E-state index contributed by atoms with van der Waals surface area (Å²) in [6, 6.07) is 0. The van der Waals surface area contributed by atoms with Gasteiger partial charge in [-0.15, -0.1) is 0 Å². The standard InChI is InChI=1S/C8H10O3/c9-6-3-1-4-5(2-3)8(10)11-7(4)6/h3-7,9H,1-2H2/t3-,4+,5-,6-,7-/m0/s1. The quantitative estimate of drug-likeness (QED) is 0.497. The van der Waals surface area contributed by atoms with Crippen molar-refractivity contribution in [1.82, 2.24) is 0 Å². The third-order valence-corrected chi connectivity index (χ3v) is 3.44. The minimum atomic E-state index is -0.359. The molecular weight excluding hydrogens is 144 g/mol. The van der Waals surface area contributed by atoms with Crippen LogP contribution in [0.4, 0.5) is 0 Å². The number of ether oxygens (including phenoxy) is 1. The minimum absolute atomic E-state index is 0.0703. The van der Waals surface area contributed by atoms with Crippen LogP contribution >= 0.6 is 0 Å². The van der Waals surface area contributed by atoms with Crippen LogP contribution in [0.1, 0.15) is 12.8 Å². The van der Waals surface area contributed by atoms with Gasteiger partial charge >= 0.3 is 5.97 Å². The summed E-state index contributed by atoms with van der Waals surface area (Å²) in [4.78, 5) is 11.1. The van der Waals surface area contributed by atoms with Crippen molar-refractivity contribution in [2.45, 2.75) is 25.0 Å². The van der Waals surface area contributed by atoms with Crippen LogP contribution < -0.4 is 0 Å². The van der Waals surface area contributed by atoms with Gasteiger partial charge in [-0.2, -0.15) is 0 Å². The second kappa shape index (κ2) is 1.61. The van der Waals surface area contributed by atoms with E-state index in [1.807, 2.05) is 0 Å². The predicted octanol–water partition coefficient (Wildman–Crippen LogP) is -0.0713. The summed E-state index contributed by atoms with van der Waals surface area (Å²) in [6.07, 6.45) is 1.36. The SMILES string of the molecule is O=C1O[C@@H]2[C@@H](O)[C@H]3C[C@@H]2[C@@H]1C3. The normalized spacial score (nSPS) is 58.6. The number of esters is 1. The Labute approximate surface area is 64.3 Å². The van der Waals surface area contributed by atoms with Gasteiger partial charge < -0.3 is 9.84 Å². The van der Waals surface area contributed by atoms with Crippen LogP contribution in [0, 0.1) is 17.8 Å². The van der Waals surface area contributed by atoms with Crippen molar-refractivity contribution in [2.75, 3.05) is 0 Å². The van der Waals surface area contributed by atoms with E-state index in [1.54, 1.807) is 0 Å². The molecule has 1 aliphatic heterocycles. The first-order valence-corrected chi connectivity index (χ1v) is 4.16. The second-order valence-corrected chi connectivity index (χ2v) is 3.89. The number of fused-ring (bicyclic) bond motifs is 1. The van der Waals surface area contributed by atoms with Gasteiger partial charge in [-0.05, 0) is 18.8 Å². The van der Waals surface area contributed by atoms with Crippen LogP contribution in [0.2, 0.25) is 0 Å². The highest BCUT2D eigenvalue weighted by molar-refractivity contribution is 5.76. The fourth-order valence-electron chi connectivity index (χ4n) is 2.92. The van der Waals surface area contributed by atoms with E-state index in [-0.39, 0.29) is 24.1 Å². The summed E-state index contributed by atoms with van der Waals surface area (Å²) in [5.74, 6) is 0.761. The molecule has 2 bridgehead atoms. The maximum absolute atomic E-state index is 11.1. The summed E-state index contributed by atoms with van der Waals surface area (Å²) < 4.78 is 5.06. The zero-order chi connectivity index (χ0) is 7.59. The zero-order valence-electron chi connectivity index (χ0n) is 6.06. The van der Waals surface area contributed by atoms with Crippen molar-refractivity contribution in [2.24, 2.45) is 17.8 Å². The van der Waals surface area contributed by atoms with E-state index >= 15 is 0 Å². The molecule has 0 aromatic heterocycles. The Hall–Kier alpha value is -0.570. The Morgan fingerprint density at radius 1 is 1.45 bits per heavy atom. The molecule has 0 aromatic rings. The number of hydrogen-bond donors (Lipinski definition) is 1. The van der Waals surface area contributed by atoms with E-state index < -0.39 is 0 Å². The number of aliphatic hydroxyl groups is 1. The van der Waals surface area contributed by atoms with Gasteiger partial charge in [0.15, 0.2) is 0 Å². The van der Waals surface area contributed by atoms with E-state index in [1.165, 1.54) is 0 Å². The molecule has 3 rings (SSSR count). The molecule has 3 fully saturated rings. The van der Waals surface area contributed by atoms with Crippen molar-refractivity contribution in [3.63, 3.8) is 0 Å². The third kappa shape index (κ3) is 0.527. The molecule has 0 radical (unpaired) electrons. The van der Waals surface area contributed by atoms with Crippen LogP contribution in [0.5, 0.6) is 0 Å². The van der Waals surface area contributed by atoms with Crippen LogP contribution in [-0.2, 0) is 9.53 Å². The molecule has 11 heavy (non-hydrogen) atoms. The molecule has 0 spiro atoms. The number of carbonyl (C=O) groups is 1. The molecule has 3 nitrogen and oxygen atoms in total. The lowest BCUT2D eigenvalue weighted by atomic mass is 9.88. The molecule has 3 aliphatic rings. The van der Waals surface area contributed by atoms with E-state index in [9.17, 15) is 9.90 Å². The summed E-state index contributed by atoms with van der Waals surface area (Å²) in [5, 5.41) is 9.55. The van der Waals surface area contributed by atoms with Gasteiger partial charge in [-0.3, -0.25) is 4.79 Å². The molecule has 60 valence electrons. The van der Waals surface area contributed by atoms with Crippen LogP contribution in [0.3, 0.4) is 0 Å². The summed E-state index contributed by atoms with van der Waals surface area (Å²) >= 11 is 0. The Kier molecular flexibility index (Phi) is 0.876. The Morgan fingerprint density at radius 2 is 2.27 bits per heavy atom. The minimum Gasteiger partial charge on any atom is -0.459 e. The van der Waals surface area contributed by atoms with Gasteiger partial charge in [0.2, 0.25) is 0 Å². The van der Waals surface area contributed by atoms with Crippen LogP contribution in [0.15, 0.2) is 0 Å². The third-order valence-electron chi connectivity index (χ3n) is 3.44. The Morgan fingerprint density at radius 3 is 2.91 bits per heavy atom. The smallest absolute Gasteiger partial charge is 0.309 e. The molecule has 2 saturated carbocycles. The summed E-state index contributed by atoms with van der Waals surface area (Å²) in [7, 11) is 0. The molecule has 0 amide bonds. The van der Waals surface area contributed by atoms with Gasteiger partial charge in [0.25, 0.3) is 0 Å². The van der Waals surface area contributed by atoms with Crippen molar-refractivity contribution >= 4 is 5.97 Å². The predicted molar refractivity (Wildman–Crippen MR) is 35.6 cm³/mol. The van der Waals surface area contributed by atoms with E-state index in [4.69, 9.17) is 4.74 Å².